The van der Waals surface area contributed by atoms with Gasteiger partial charge in [0.15, 0.2) is 11.6 Å². The topological polar surface area (TPSA) is 9.23 Å². The summed E-state index contributed by atoms with van der Waals surface area (Å²) in [7, 11) is 0. The van der Waals surface area contributed by atoms with Gasteiger partial charge in [-0.05, 0) is 59.7 Å². The predicted octanol–water partition coefficient (Wildman–Crippen LogP) is 10.3. The highest BCUT2D eigenvalue weighted by molar-refractivity contribution is 5.74. The van der Waals surface area contributed by atoms with Gasteiger partial charge in [-0.25, -0.2) is 8.78 Å². The molecule has 0 bridgehead atoms. The fraction of sp³-hybridized carbons (Fsp3) is 0.294. The van der Waals surface area contributed by atoms with Gasteiger partial charge in [0.1, 0.15) is 5.75 Å². The van der Waals surface area contributed by atoms with Crippen molar-refractivity contribution in [3.63, 3.8) is 0 Å². The number of unbranched alkanes of at least 4 members (excludes halogenated alkanes) is 5. The second-order valence-electron chi connectivity index (χ2n) is 9.54. The molecule has 0 aliphatic carbocycles. The lowest BCUT2D eigenvalue weighted by Crippen LogP contribution is -1.94. The maximum atomic E-state index is 15.2. The van der Waals surface area contributed by atoms with Crippen LogP contribution in [0.3, 0.4) is 0 Å². The smallest absolute Gasteiger partial charge is 0.167 e. The quantitative estimate of drug-likeness (QED) is 0.177. The van der Waals surface area contributed by atoms with Gasteiger partial charge in [-0.1, -0.05) is 112 Å². The molecule has 37 heavy (non-hydrogen) atoms. The summed E-state index contributed by atoms with van der Waals surface area (Å²) in [5, 5.41) is 0. The van der Waals surface area contributed by atoms with Crippen LogP contribution in [0.15, 0.2) is 84.9 Å². The largest absolute Gasteiger partial charge is 0.494 e. The number of hydrogen-bond donors (Lipinski definition) is 0. The minimum Gasteiger partial charge on any atom is -0.494 e. The molecule has 1 nitrogen and oxygen atoms in total. The molecule has 0 heterocycles. The molecule has 4 aromatic carbocycles. The van der Waals surface area contributed by atoms with Gasteiger partial charge >= 0.3 is 0 Å². The van der Waals surface area contributed by atoms with Gasteiger partial charge in [0.2, 0.25) is 0 Å². The van der Waals surface area contributed by atoms with Crippen molar-refractivity contribution < 1.29 is 13.5 Å². The van der Waals surface area contributed by atoms with Crippen LogP contribution in [-0.4, -0.2) is 6.61 Å². The standard InChI is InChI=1S/C34H36F2O/c1-3-5-6-7-8-9-10-25-11-13-28(14-12-25)31-23-24-32(34(36)33(31)35)29-17-15-26(16-18-29)27-19-21-30(22-20-27)37-4-2/h11-24H,3-10H2,1-2H3. The third kappa shape index (κ3) is 6.85. The maximum Gasteiger partial charge on any atom is 0.167 e. The molecular formula is C34H36F2O. The van der Waals surface area contributed by atoms with Gasteiger partial charge in [-0.3, -0.25) is 0 Å². The molecule has 0 saturated heterocycles. The number of benzene rings is 4. The van der Waals surface area contributed by atoms with E-state index in [0.29, 0.717) is 23.3 Å². The van der Waals surface area contributed by atoms with E-state index in [-0.39, 0.29) is 5.56 Å². The fourth-order valence-corrected chi connectivity index (χ4v) is 4.71. The summed E-state index contributed by atoms with van der Waals surface area (Å²) in [4.78, 5) is 0. The van der Waals surface area contributed by atoms with Crippen molar-refractivity contribution in [2.75, 3.05) is 6.61 Å². The molecule has 0 N–H and O–H groups in total. The zero-order chi connectivity index (χ0) is 26.0. The van der Waals surface area contributed by atoms with Crippen molar-refractivity contribution in [1.29, 1.82) is 0 Å². The molecule has 0 aromatic heterocycles. The highest BCUT2D eigenvalue weighted by Gasteiger charge is 2.16. The van der Waals surface area contributed by atoms with Gasteiger partial charge < -0.3 is 4.74 Å². The average Bonchev–Trinajstić information content (AvgIpc) is 2.93. The van der Waals surface area contributed by atoms with Crippen LogP contribution in [0, 0.1) is 11.6 Å². The van der Waals surface area contributed by atoms with E-state index < -0.39 is 11.6 Å². The normalized spacial score (nSPS) is 11.0. The van der Waals surface area contributed by atoms with Crippen molar-refractivity contribution in [3.05, 3.63) is 102 Å². The number of rotatable bonds is 12. The van der Waals surface area contributed by atoms with Crippen LogP contribution in [0.1, 0.15) is 57.9 Å². The summed E-state index contributed by atoms with van der Waals surface area (Å²) in [5.74, 6) is -0.799. The van der Waals surface area contributed by atoms with E-state index in [1.165, 1.54) is 37.7 Å². The molecule has 4 rings (SSSR count). The Bertz CT molecular complexity index is 1260. The fourth-order valence-electron chi connectivity index (χ4n) is 4.71. The van der Waals surface area contributed by atoms with Crippen molar-refractivity contribution in [2.45, 2.75) is 58.8 Å². The van der Waals surface area contributed by atoms with E-state index in [9.17, 15) is 0 Å². The molecule has 0 unspecified atom stereocenters. The molecule has 4 aromatic rings. The summed E-state index contributed by atoms with van der Waals surface area (Å²) in [6.45, 7) is 4.81. The van der Waals surface area contributed by atoms with Crippen LogP contribution < -0.4 is 4.74 Å². The second-order valence-corrected chi connectivity index (χ2v) is 9.54. The molecular weight excluding hydrogens is 462 g/mol. The lowest BCUT2D eigenvalue weighted by molar-refractivity contribution is 0.340. The summed E-state index contributed by atoms with van der Waals surface area (Å²) < 4.78 is 35.8. The average molecular weight is 499 g/mol. The van der Waals surface area contributed by atoms with Gasteiger partial charge in [0, 0.05) is 11.1 Å². The van der Waals surface area contributed by atoms with E-state index in [0.717, 1.165) is 29.7 Å². The monoisotopic (exact) mass is 498 g/mol. The molecule has 3 heteroatoms. The predicted molar refractivity (Wildman–Crippen MR) is 151 cm³/mol. The first-order valence-corrected chi connectivity index (χ1v) is 13.5. The van der Waals surface area contributed by atoms with Crippen LogP contribution in [0.5, 0.6) is 5.75 Å². The zero-order valence-electron chi connectivity index (χ0n) is 21.9. The van der Waals surface area contributed by atoms with E-state index in [2.05, 4.69) is 6.92 Å². The Morgan fingerprint density at radius 3 is 1.51 bits per heavy atom. The first-order chi connectivity index (χ1) is 18.1. The third-order valence-electron chi connectivity index (χ3n) is 6.86. The van der Waals surface area contributed by atoms with Gasteiger partial charge in [0.25, 0.3) is 0 Å². The molecule has 0 spiro atoms. The summed E-state index contributed by atoms with van der Waals surface area (Å²) in [6, 6.07) is 26.6. The number of halogens is 2. The third-order valence-corrected chi connectivity index (χ3v) is 6.86. The Kier molecular flexibility index (Phi) is 9.48. The number of ether oxygens (including phenoxy) is 1. The summed E-state index contributed by atoms with van der Waals surface area (Å²) >= 11 is 0. The summed E-state index contributed by atoms with van der Waals surface area (Å²) in [5.41, 5.74) is 5.18. The lowest BCUT2D eigenvalue weighted by Gasteiger charge is -2.11. The van der Waals surface area contributed by atoms with E-state index in [1.54, 1.807) is 12.1 Å². The van der Waals surface area contributed by atoms with Gasteiger partial charge in [-0.2, -0.15) is 0 Å². The minimum absolute atomic E-state index is 0.263. The highest BCUT2D eigenvalue weighted by atomic mass is 19.2. The minimum atomic E-state index is -0.817. The molecule has 0 aliphatic heterocycles. The Morgan fingerprint density at radius 2 is 0.973 bits per heavy atom. The maximum absolute atomic E-state index is 15.2. The first kappa shape index (κ1) is 26.6. The van der Waals surface area contributed by atoms with E-state index >= 15 is 8.78 Å². The molecule has 0 atom stereocenters. The van der Waals surface area contributed by atoms with Gasteiger partial charge in [0.05, 0.1) is 6.61 Å². The molecule has 0 fully saturated rings. The second kappa shape index (κ2) is 13.2. The Hall–Kier alpha value is -3.46. The van der Waals surface area contributed by atoms with Gasteiger partial charge in [-0.15, -0.1) is 0 Å². The first-order valence-electron chi connectivity index (χ1n) is 13.5. The van der Waals surface area contributed by atoms with Crippen molar-refractivity contribution >= 4 is 0 Å². The Labute approximate surface area is 220 Å². The molecule has 192 valence electrons. The van der Waals surface area contributed by atoms with E-state index in [1.807, 2.05) is 79.7 Å². The molecule has 0 saturated carbocycles. The summed E-state index contributed by atoms with van der Waals surface area (Å²) in [6.07, 6.45) is 8.59. The highest BCUT2D eigenvalue weighted by Crippen LogP contribution is 2.33. The van der Waals surface area contributed by atoms with E-state index in [4.69, 9.17) is 4.74 Å². The number of hydrogen-bond acceptors (Lipinski definition) is 1. The van der Waals surface area contributed by atoms with Crippen molar-refractivity contribution in [1.82, 2.24) is 0 Å². The van der Waals surface area contributed by atoms with Crippen molar-refractivity contribution in [2.24, 2.45) is 0 Å². The molecule has 0 aliphatic rings. The zero-order valence-corrected chi connectivity index (χ0v) is 21.9. The van der Waals surface area contributed by atoms with Crippen LogP contribution in [0.4, 0.5) is 8.78 Å². The van der Waals surface area contributed by atoms with Crippen molar-refractivity contribution in [3.8, 4) is 39.1 Å². The van der Waals surface area contributed by atoms with Crippen LogP contribution in [0.2, 0.25) is 0 Å². The Balaban J connectivity index is 1.44. The Morgan fingerprint density at radius 1 is 0.514 bits per heavy atom. The number of aryl methyl sites for hydroxylation is 1. The molecule has 0 radical (unpaired) electrons. The molecule has 0 amide bonds. The SMILES string of the molecule is CCCCCCCCc1ccc(-c2ccc(-c3ccc(-c4ccc(OCC)cc4)cc3)c(F)c2F)cc1. The van der Waals surface area contributed by atoms with Crippen LogP contribution in [0.25, 0.3) is 33.4 Å². The van der Waals surface area contributed by atoms with Crippen LogP contribution in [-0.2, 0) is 6.42 Å². The van der Waals surface area contributed by atoms with Crippen LogP contribution >= 0.6 is 0 Å². The lowest BCUT2D eigenvalue weighted by atomic mass is 9.96.